The van der Waals surface area contributed by atoms with Crippen LogP contribution in [-0.4, -0.2) is 22.9 Å². The zero-order valence-corrected chi connectivity index (χ0v) is 17.5. The van der Waals surface area contributed by atoms with Gasteiger partial charge >= 0.3 is 5.97 Å². The highest BCUT2D eigenvalue weighted by Gasteiger charge is 2.38. The summed E-state index contributed by atoms with van der Waals surface area (Å²) in [6, 6.07) is 11.4. The molecule has 0 saturated heterocycles. The lowest BCUT2D eigenvalue weighted by Gasteiger charge is -2.35. The predicted molar refractivity (Wildman–Crippen MR) is 109 cm³/mol. The standard InChI is InChI=1S/C24H25F2NO3/c1-14(2)30-24(29)22-16(4)27(13-17-9-7-11-20(25)23(17)26)21(28)12-19(22)18-10-6-5-8-15(18)3/h5-11,14,19H,12-13H2,1-4H3. The highest BCUT2D eigenvalue weighted by atomic mass is 19.2. The molecule has 0 radical (unpaired) electrons. The molecule has 0 bridgehead atoms. The number of allylic oxidation sites excluding steroid dienone is 1. The molecule has 4 nitrogen and oxygen atoms in total. The molecule has 1 atom stereocenters. The molecule has 3 rings (SSSR count). The smallest absolute Gasteiger partial charge is 0.336 e. The summed E-state index contributed by atoms with van der Waals surface area (Å²) in [6.07, 6.45) is -0.288. The van der Waals surface area contributed by atoms with Gasteiger partial charge in [0, 0.05) is 23.6 Å². The lowest BCUT2D eigenvalue weighted by Crippen LogP contribution is -2.38. The van der Waals surface area contributed by atoms with Crippen molar-refractivity contribution < 1.29 is 23.1 Å². The second kappa shape index (κ2) is 8.78. The number of rotatable bonds is 5. The summed E-state index contributed by atoms with van der Waals surface area (Å²) in [5.74, 6) is -3.20. The fraction of sp³-hybridized carbons (Fsp3) is 0.333. The van der Waals surface area contributed by atoms with Crippen molar-refractivity contribution in [3.05, 3.63) is 82.1 Å². The molecule has 2 aromatic carbocycles. The fourth-order valence-electron chi connectivity index (χ4n) is 3.83. The quantitative estimate of drug-likeness (QED) is 0.647. The Morgan fingerprint density at radius 2 is 1.83 bits per heavy atom. The minimum Gasteiger partial charge on any atom is -0.460 e. The monoisotopic (exact) mass is 413 g/mol. The van der Waals surface area contributed by atoms with Gasteiger partial charge in [0.2, 0.25) is 5.91 Å². The molecule has 6 heteroatoms. The van der Waals surface area contributed by atoms with Gasteiger partial charge in [-0.3, -0.25) is 4.79 Å². The molecule has 0 fully saturated rings. The van der Waals surface area contributed by atoms with Gasteiger partial charge in [-0.15, -0.1) is 0 Å². The highest BCUT2D eigenvalue weighted by molar-refractivity contribution is 5.96. The van der Waals surface area contributed by atoms with E-state index in [1.54, 1.807) is 20.8 Å². The van der Waals surface area contributed by atoms with Crippen molar-refractivity contribution in [3.63, 3.8) is 0 Å². The maximum atomic E-state index is 14.2. The average Bonchev–Trinajstić information content (AvgIpc) is 2.67. The molecule has 0 saturated carbocycles. The van der Waals surface area contributed by atoms with Crippen molar-refractivity contribution in [1.29, 1.82) is 0 Å². The van der Waals surface area contributed by atoms with Crippen LogP contribution < -0.4 is 0 Å². The van der Waals surface area contributed by atoms with E-state index in [0.29, 0.717) is 11.3 Å². The van der Waals surface area contributed by atoms with Crippen molar-refractivity contribution in [3.8, 4) is 0 Å². The summed E-state index contributed by atoms with van der Waals surface area (Å²) in [7, 11) is 0. The number of hydrogen-bond acceptors (Lipinski definition) is 3. The Balaban J connectivity index is 2.08. The van der Waals surface area contributed by atoms with Crippen LogP contribution in [0.5, 0.6) is 0 Å². The predicted octanol–water partition coefficient (Wildman–Crippen LogP) is 5.01. The molecule has 1 heterocycles. The van der Waals surface area contributed by atoms with E-state index in [2.05, 4.69) is 0 Å². The van der Waals surface area contributed by atoms with Crippen LogP contribution in [0.3, 0.4) is 0 Å². The molecule has 0 spiro atoms. The molecule has 158 valence electrons. The van der Waals surface area contributed by atoms with Crippen molar-refractivity contribution >= 4 is 11.9 Å². The number of halogens is 2. The number of ether oxygens (including phenoxy) is 1. The first-order chi connectivity index (χ1) is 14.2. The van der Waals surface area contributed by atoms with Crippen molar-refractivity contribution in [2.24, 2.45) is 0 Å². The van der Waals surface area contributed by atoms with Crippen LogP contribution in [0.4, 0.5) is 8.78 Å². The molecule has 1 aliphatic heterocycles. The van der Waals surface area contributed by atoms with Crippen LogP contribution in [-0.2, 0) is 20.9 Å². The largest absolute Gasteiger partial charge is 0.460 e. The van der Waals surface area contributed by atoms with E-state index in [-0.39, 0.29) is 30.5 Å². The number of aryl methyl sites for hydroxylation is 1. The Hall–Kier alpha value is -3.02. The van der Waals surface area contributed by atoms with Crippen molar-refractivity contribution in [2.45, 2.75) is 52.7 Å². The first-order valence-electron chi connectivity index (χ1n) is 9.91. The van der Waals surface area contributed by atoms with E-state index in [1.165, 1.54) is 17.0 Å². The van der Waals surface area contributed by atoms with E-state index in [9.17, 15) is 18.4 Å². The van der Waals surface area contributed by atoms with E-state index >= 15 is 0 Å². The summed E-state index contributed by atoms with van der Waals surface area (Å²) >= 11 is 0. The van der Waals surface area contributed by atoms with Crippen LogP contribution in [0.1, 0.15) is 49.8 Å². The molecule has 2 aromatic rings. The number of hydrogen-bond donors (Lipinski definition) is 0. The number of esters is 1. The zero-order chi connectivity index (χ0) is 22.0. The SMILES string of the molecule is CC1=C(C(=O)OC(C)C)C(c2ccccc2C)CC(=O)N1Cc1cccc(F)c1F. The van der Waals surface area contributed by atoms with Gasteiger partial charge in [0.1, 0.15) is 0 Å². The lowest BCUT2D eigenvalue weighted by molar-refractivity contribution is -0.143. The molecule has 0 aromatic heterocycles. The Morgan fingerprint density at radius 3 is 2.50 bits per heavy atom. The molecule has 30 heavy (non-hydrogen) atoms. The lowest BCUT2D eigenvalue weighted by atomic mass is 9.81. The summed E-state index contributed by atoms with van der Waals surface area (Å²) in [4.78, 5) is 27.3. The summed E-state index contributed by atoms with van der Waals surface area (Å²) in [6.45, 7) is 6.92. The molecule has 1 unspecified atom stereocenters. The first kappa shape index (κ1) is 21.7. The normalized spacial score (nSPS) is 17.0. The third kappa shape index (κ3) is 4.27. The molecular formula is C24H25F2NO3. The Bertz CT molecular complexity index is 1010. The van der Waals surface area contributed by atoms with Crippen LogP contribution in [0.25, 0.3) is 0 Å². The Morgan fingerprint density at radius 1 is 1.13 bits per heavy atom. The minimum atomic E-state index is -0.995. The zero-order valence-electron chi connectivity index (χ0n) is 17.5. The number of carbonyl (C=O) groups is 2. The average molecular weight is 413 g/mol. The maximum Gasteiger partial charge on any atom is 0.336 e. The Kier molecular flexibility index (Phi) is 6.34. The van der Waals surface area contributed by atoms with E-state index in [1.807, 2.05) is 31.2 Å². The molecular weight excluding hydrogens is 388 g/mol. The fourth-order valence-corrected chi connectivity index (χ4v) is 3.83. The first-order valence-corrected chi connectivity index (χ1v) is 9.91. The molecule has 1 amide bonds. The van der Waals surface area contributed by atoms with Crippen LogP contribution >= 0.6 is 0 Å². The van der Waals surface area contributed by atoms with Gasteiger partial charge in [0.05, 0.1) is 18.2 Å². The highest BCUT2D eigenvalue weighted by Crippen LogP contribution is 2.39. The number of nitrogens with zero attached hydrogens (tertiary/aromatic N) is 1. The van der Waals surface area contributed by atoms with Gasteiger partial charge in [-0.05, 0) is 44.9 Å². The van der Waals surface area contributed by atoms with Gasteiger partial charge in [-0.1, -0.05) is 36.4 Å². The maximum absolute atomic E-state index is 14.2. The number of amides is 1. The van der Waals surface area contributed by atoms with Gasteiger partial charge in [-0.2, -0.15) is 0 Å². The van der Waals surface area contributed by atoms with Gasteiger partial charge < -0.3 is 9.64 Å². The summed E-state index contributed by atoms with van der Waals surface area (Å²) < 4.78 is 33.3. The van der Waals surface area contributed by atoms with E-state index in [4.69, 9.17) is 4.74 Å². The van der Waals surface area contributed by atoms with Crippen LogP contribution in [0.15, 0.2) is 53.7 Å². The third-order valence-electron chi connectivity index (χ3n) is 5.31. The van der Waals surface area contributed by atoms with Crippen molar-refractivity contribution in [1.82, 2.24) is 4.90 Å². The van der Waals surface area contributed by atoms with Crippen LogP contribution in [0, 0.1) is 18.6 Å². The van der Waals surface area contributed by atoms with Gasteiger partial charge in [0.15, 0.2) is 11.6 Å². The van der Waals surface area contributed by atoms with E-state index in [0.717, 1.165) is 17.2 Å². The van der Waals surface area contributed by atoms with Gasteiger partial charge in [0.25, 0.3) is 0 Å². The number of carbonyl (C=O) groups excluding carboxylic acids is 2. The van der Waals surface area contributed by atoms with Crippen LogP contribution in [0.2, 0.25) is 0 Å². The van der Waals surface area contributed by atoms with E-state index < -0.39 is 23.5 Å². The molecule has 0 aliphatic carbocycles. The number of benzene rings is 2. The molecule has 1 aliphatic rings. The minimum absolute atomic E-state index is 0.0433. The second-order valence-electron chi connectivity index (χ2n) is 7.76. The third-order valence-corrected chi connectivity index (χ3v) is 5.31. The summed E-state index contributed by atoms with van der Waals surface area (Å²) in [5, 5.41) is 0. The Labute approximate surface area is 175 Å². The molecule has 0 N–H and O–H groups in total. The van der Waals surface area contributed by atoms with Gasteiger partial charge in [-0.25, -0.2) is 13.6 Å². The second-order valence-corrected chi connectivity index (χ2v) is 7.76. The van der Waals surface area contributed by atoms with Crippen molar-refractivity contribution in [2.75, 3.05) is 0 Å². The topological polar surface area (TPSA) is 46.6 Å². The summed E-state index contributed by atoms with van der Waals surface area (Å²) in [5.41, 5.74) is 2.65.